The van der Waals surface area contributed by atoms with Crippen LogP contribution >= 0.6 is 22.9 Å². The van der Waals surface area contributed by atoms with E-state index in [4.69, 9.17) is 22.1 Å². The first kappa shape index (κ1) is 15.8. The predicted octanol–water partition coefficient (Wildman–Crippen LogP) is 3.52. The van der Waals surface area contributed by atoms with E-state index in [2.05, 4.69) is 10.3 Å². The average Bonchev–Trinajstić information content (AvgIpc) is 2.87. The zero-order valence-electron chi connectivity index (χ0n) is 11.8. The fourth-order valence-corrected chi connectivity index (χ4v) is 2.95. The number of benzene rings is 1. The topological polar surface area (TPSA) is 59.6 Å². The second-order valence-corrected chi connectivity index (χ2v) is 6.24. The molecule has 0 fully saturated rings. The fraction of sp³-hybridized carbons (Fsp3) is 0.267. The van der Waals surface area contributed by atoms with E-state index in [1.807, 2.05) is 36.4 Å². The maximum atomic E-state index is 5.92. The highest BCUT2D eigenvalue weighted by molar-refractivity contribution is 7.16. The number of thiophene rings is 1. The van der Waals surface area contributed by atoms with Gasteiger partial charge in [0.25, 0.3) is 0 Å². The molecule has 0 unspecified atom stereocenters. The van der Waals surface area contributed by atoms with Gasteiger partial charge in [-0.25, -0.2) is 0 Å². The highest BCUT2D eigenvalue weighted by Crippen LogP contribution is 2.21. The summed E-state index contributed by atoms with van der Waals surface area (Å²) in [5.74, 6) is 0.404. The van der Waals surface area contributed by atoms with Gasteiger partial charge in [-0.1, -0.05) is 29.8 Å². The van der Waals surface area contributed by atoms with Crippen molar-refractivity contribution in [2.45, 2.75) is 13.0 Å². The van der Waals surface area contributed by atoms with Gasteiger partial charge in [0.2, 0.25) is 0 Å². The number of halogens is 1. The zero-order chi connectivity index (χ0) is 15.1. The van der Waals surface area contributed by atoms with E-state index in [0.717, 1.165) is 22.0 Å². The van der Waals surface area contributed by atoms with E-state index in [1.165, 1.54) is 4.88 Å². The lowest BCUT2D eigenvalue weighted by molar-refractivity contribution is 0.185. The van der Waals surface area contributed by atoms with Crippen molar-refractivity contribution in [2.24, 2.45) is 10.7 Å². The maximum absolute atomic E-state index is 5.92. The van der Waals surface area contributed by atoms with Gasteiger partial charge in [-0.3, -0.25) is 4.99 Å². The van der Waals surface area contributed by atoms with Crippen molar-refractivity contribution in [3.63, 3.8) is 0 Å². The van der Waals surface area contributed by atoms with Crippen LogP contribution in [0.2, 0.25) is 4.34 Å². The van der Waals surface area contributed by atoms with Gasteiger partial charge >= 0.3 is 0 Å². The lowest BCUT2D eigenvalue weighted by Crippen LogP contribution is -2.23. The Morgan fingerprint density at radius 1 is 1.33 bits per heavy atom. The summed E-state index contributed by atoms with van der Waals surface area (Å²) >= 11 is 7.46. The molecule has 2 aromatic rings. The number of ether oxygens (including phenoxy) is 1. The molecule has 0 saturated carbocycles. The monoisotopic (exact) mass is 323 g/mol. The van der Waals surface area contributed by atoms with Crippen LogP contribution in [-0.4, -0.2) is 19.6 Å². The third kappa shape index (κ3) is 5.04. The molecule has 0 aliphatic carbocycles. The standard InChI is InChI=1S/C15H18ClN3OS/c1-20-10-11-4-2-3-5-13(11)19-15(17)18-9-8-12-6-7-14(16)21-12/h2-7H,8-10H2,1H3,(H3,17,18,19). The Kier molecular flexibility index (Phi) is 6.04. The number of hydrogen-bond acceptors (Lipinski definition) is 3. The van der Waals surface area contributed by atoms with Gasteiger partial charge in [0.05, 0.1) is 10.9 Å². The van der Waals surface area contributed by atoms with E-state index >= 15 is 0 Å². The lowest BCUT2D eigenvalue weighted by Gasteiger charge is -2.10. The van der Waals surface area contributed by atoms with Gasteiger partial charge in [-0.2, -0.15) is 0 Å². The normalized spacial score (nSPS) is 11.6. The van der Waals surface area contributed by atoms with Gasteiger partial charge in [-0.05, 0) is 18.2 Å². The summed E-state index contributed by atoms with van der Waals surface area (Å²) in [7, 11) is 1.67. The first-order valence-electron chi connectivity index (χ1n) is 6.57. The molecule has 0 amide bonds. The van der Waals surface area contributed by atoms with Crippen LogP contribution in [0.4, 0.5) is 5.69 Å². The number of hydrogen-bond donors (Lipinski definition) is 2. The number of nitrogens with one attached hydrogen (secondary N) is 1. The number of rotatable bonds is 6. The molecule has 0 aliphatic heterocycles. The summed E-state index contributed by atoms with van der Waals surface area (Å²) in [6, 6.07) is 11.8. The minimum Gasteiger partial charge on any atom is -0.380 e. The highest BCUT2D eigenvalue weighted by atomic mass is 35.5. The van der Waals surface area contributed by atoms with Crippen LogP contribution in [0.15, 0.2) is 41.4 Å². The van der Waals surface area contributed by atoms with E-state index in [1.54, 1.807) is 18.4 Å². The number of nitrogens with zero attached hydrogens (tertiary/aromatic N) is 1. The molecular formula is C15H18ClN3OS. The number of anilines is 1. The van der Waals surface area contributed by atoms with Crippen molar-refractivity contribution < 1.29 is 4.74 Å². The molecule has 21 heavy (non-hydrogen) atoms. The lowest BCUT2D eigenvalue weighted by atomic mass is 10.2. The van der Waals surface area contributed by atoms with Crippen LogP contribution in [0.5, 0.6) is 0 Å². The van der Waals surface area contributed by atoms with Gasteiger partial charge in [0, 0.05) is 36.2 Å². The SMILES string of the molecule is COCc1ccccc1NC(N)=NCCc1ccc(Cl)s1. The van der Waals surface area contributed by atoms with Gasteiger partial charge in [-0.15, -0.1) is 11.3 Å². The van der Waals surface area contributed by atoms with E-state index in [9.17, 15) is 0 Å². The largest absolute Gasteiger partial charge is 0.380 e. The van der Waals surface area contributed by atoms with Crippen LogP contribution in [-0.2, 0) is 17.8 Å². The summed E-state index contributed by atoms with van der Waals surface area (Å²) in [6.45, 7) is 1.16. The van der Waals surface area contributed by atoms with Crippen LogP contribution in [0.1, 0.15) is 10.4 Å². The summed E-state index contributed by atoms with van der Waals surface area (Å²) in [5.41, 5.74) is 7.88. The molecule has 0 aliphatic rings. The molecule has 3 N–H and O–H groups in total. The maximum Gasteiger partial charge on any atom is 0.193 e. The Morgan fingerprint density at radius 3 is 2.86 bits per heavy atom. The molecule has 2 rings (SSSR count). The van der Waals surface area contributed by atoms with Crippen LogP contribution in [0.3, 0.4) is 0 Å². The first-order valence-corrected chi connectivity index (χ1v) is 7.76. The number of para-hydroxylation sites is 1. The average molecular weight is 324 g/mol. The van der Waals surface area contributed by atoms with Crippen molar-refractivity contribution in [1.29, 1.82) is 0 Å². The summed E-state index contributed by atoms with van der Waals surface area (Å²) in [5, 5.41) is 3.11. The number of guanidine groups is 1. The van der Waals surface area contributed by atoms with E-state index in [-0.39, 0.29) is 0 Å². The molecular weight excluding hydrogens is 306 g/mol. The molecule has 112 valence electrons. The van der Waals surface area contributed by atoms with Crippen LogP contribution < -0.4 is 11.1 Å². The first-order chi connectivity index (χ1) is 10.2. The number of nitrogens with two attached hydrogens (primary N) is 1. The molecule has 0 bridgehead atoms. The van der Waals surface area contributed by atoms with Crippen LogP contribution in [0.25, 0.3) is 0 Å². The summed E-state index contributed by atoms with van der Waals surface area (Å²) in [4.78, 5) is 5.54. The molecule has 0 spiro atoms. The van der Waals surface area contributed by atoms with Crippen LogP contribution in [0, 0.1) is 0 Å². The van der Waals surface area contributed by atoms with Crippen molar-refractivity contribution in [3.05, 3.63) is 51.2 Å². The zero-order valence-corrected chi connectivity index (χ0v) is 13.4. The second-order valence-electron chi connectivity index (χ2n) is 4.44. The Hall–Kier alpha value is -1.56. The molecule has 1 aromatic carbocycles. The number of methoxy groups -OCH3 is 1. The van der Waals surface area contributed by atoms with Crippen molar-refractivity contribution >= 4 is 34.6 Å². The molecule has 0 atom stereocenters. The molecule has 6 heteroatoms. The Labute approximate surface area is 133 Å². The predicted molar refractivity (Wildman–Crippen MR) is 90.3 cm³/mol. The molecule has 4 nitrogen and oxygen atoms in total. The minimum absolute atomic E-state index is 0.404. The minimum atomic E-state index is 0.404. The Morgan fingerprint density at radius 2 is 2.14 bits per heavy atom. The highest BCUT2D eigenvalue weighted by Gasteiger charge is 2.02. The molecule has 0 saturated heterocycles. The third-order valence-electron chi connectivity index (χ3n) is 2.85. The Bertz CT molecular complexity index is 612. The van der Waals surface area contributed by atoms with Crippen molar-refractivity contribution in [3.8, 4) is 0 Å². The fourth-order valence-electron chi connectivity index (χ4n) is 1.87. The van der Waals surface area contributed by atoms with Crippen molar-refractivity contribution in [2.75, 3.05) is 19.0 Å². The molecule has 1 aromatic heterocycles. The van der Waals surface area contributed by atoms with Crippen molar-refractivity contribution in [1.82, 2.24) is 0 Å². The van der Waals surface area contributed by atoms with E-state index < -0.39 is 0 Å². The van der Waals surface area contributed by atoms with E-state index in [0.29, 0.717) is 19.1 Å². The summed E-state index contributed by atoms with van der Waals surface area (Å²) in [6.07, 6.45) is 0.833. The van der Waals surface area contributed by atoms with Gasteiger partial charge in [0.1, 0.15) is 0 Å². The quantitative estimate of drug-likeness (QED) is 0.631. The summed E-state index contributed by atoms with van der Waals surface area (Å²) < 4.78 is 5.96. The molecule has 1 heterocycles. The van der Waals surface area contributed by atoms with Gasteiger partial charge in [0.15, 0.2) is 5.96 Å². The smallest absolute Gasteiger partial charge is 0.193 e. The van der Waals surface area contributed by atoms with Gasteiger partial charge < -0.3 is 15.8 Å². The third-order valence-corrected chi connectivity index (χ3v) is 4.14. The Balaban J connectivity index is 1.91. The number of aliphatic imine (C=N–C) groups is 1. The second kappa shape index (κ2) is 8.02. The molecule has 0 radical (unpaired) electrons.